The molecule has 0 saturated carbocycles. The van der Waals surface area contributed by atoms with Crippen molar-refractivity contribution in [3.63, 3.8) is 0 Å². The van der Waals surface area contributed by atoms with E-state index in [1.165, 1.54) is 23.5 Å². The number of amides is 1. The van der Waals surface area contributed by atoms with Gasteiger partial charge >= 0.3 is 0 Å². The van der Waals surface area contributed by atoms with E-state index < -0.39 is 0 Å². The first-order valence-corrected chi connectivity index (χ1v) is 9.50. The number of thiophene rings is 1. The fraction of sp³-hybridized carbons (Fsp3) is 0.100. The van der Waals surface area contributed by atoms with Crippen LogP contribution in [0.15, 0.2) is 64.5 Å². The summed E-state index contributed by atoms with van der Waals surface area (Å²) < 4.78 is 14.3. The molecule has 0 aliphatic carbocycles. The third-order valence-electron chi connectivity index (χ3n) is 3.82. The molecule has 3 rings (SSSR count). The van der Waals surface area contributed by atoms with Gasteiger partial charge in [-0.2, -0.15) is 5.26 Å². The van der Waals surface area contributed by atoms with Gasteiger partial charge in [0.25, 0.3) is 5.91 Å². The molecule has 26 heavy (non-hydrogen) atoms. The van der Waals surface area contributed by atoms with E-state index in [1.807, 2.05) is 23.6 Å². The Bertz CT molecular complexity index is 962. The second-order valence-electron chi connectivity index (χ2n) is 5.70. The van der Waals surface area contributed by atoms with E-state index in [9.17, 15) is 9.18 Å². The number of hydrogen-bond acceptors (Lipinski definition) is 3. The Morgan fingerprint density at radius 2 is 1.85 bits per heavy atom. The summed E-state index contributed by atoms with van der Waals surface area (Å²) in [6, 6.07) is 17.3. The highest BCUT2D eigenvalue weighted by Crippen LogP contribution is 2.26. The number of carbonyl (C=O) groups excluding carboxylic acids is 1. The van der Waals surface area contributed by atoms with Gasteiger partial charge in [0.15, 0.2) is 0 Å². The van der Waals surface area contributed by atoms with Crippen LogP contribution in [0.5, 0.6) is 0 Å². The van der Waals surface area contributed by atoms with Crippen molar-refractivity contribution in [3.8, 4) is 6.07 Å². The Kier molecular flexibility index (Phi) is 5.82. The lowest BCUT2D eigenvalue weighted by Crippen LogP contribution is -2.29. The van der Waals surface area contributed by atoms with E-state index >= 15 is 0 Å². The molecule has 0 radical (unpaired) electrons. The lowest BCUT2D eigenvalue weighted by atomic mass is 10.1. The van der Waals surface area contributed by atoms with Crippen molar-refractivity contribution in [1.29, 1.82) is 5.26 Å². The van der Waals surface area contributed by atoms with Crippen molar-refractivity contribution in [2.45, 2.75) is 13.1 Å². The van der Waals surface area contributed by atoms with Crippen LogP contribution in [0.3, 0.4) is 0 Å². The van der Waals surface area contributed by atoms with E-state index in [1.54, 1.807) is 29.2 Å². The minimum atomic E-state index is -0.328. The molecule has 130 valence electrons. The highest BCUT2D eigenvalue weighted by molar-refractivity contribution is 9.10. The van der Waals surface area contributed by atoms with E-state index in [2.05, 4.69) is 22.0 Å². The third-order valence-corrected chi connectivity index (χ3v) is 5.64. The van der Waals surface area contributed by atoms with Crippen LogP contribution < -0.4 is 0 Å². The Hall–Kier alpha value is -2.49. The van der Waals surface area contributed by atoms with Gasteiger partial charge in [-0.3, -0.25) is 4.79 Å². The molecule has 2 aromatic carbocycles. The lowest BCUT2D eigenvalue weighted by molar-refractivity contribution is 0.0734. The molecule has 6 heteroatoms. The summed E-state index contributed by atoms with van der Waals surface area (Å²) in [7, 11) is 0. The Balaban J connectivity index is 1.88. The fourth-order valence-electron chi connectivity index (χ4n) is 2.55. The van der Waals surface area contributed by atoms with E-state index in [4.69, 9.17) is 5.26 Å². The number of hydrogen-bond donors (Lipinski definition) is 0. The number of nitriles is 1. The van der Waals surface area contributed by atoms with Gasteiger partial charge in [-0.15, -0.1) is 11.3 Å². The Labute approximate surface area is 163 Å². The summed E-state index contributed by atoms with van der Waals surface area (Å²) >= 11 is 4.76. The Morgan fingerprint density at radius 1 is 1.12 bits per heavy atom. The minimum absolute atomic E-state index is 0.125. The number of halogens is 2. The summed E-state index contributed by atoms with van der Waals surface area (Å²) in [4.78, 5) is 15.3. The van der Waals surface area contributed by atoms with Gasteiger partial charge in [-0.25, -0.2) is 4.39 Å². The summed E-state index contributed by atoms with van der Waals surface area (Å²) in [5, 5.41) is 10.8. The highest BCUT2D eigenvalue weighted by atomic mass is 79.9. The predicted octanol–water partition coefficient (Wildman–Crippen LogP) is 5.36. The molecule has 0 N–H and O–H groups in total. The lowest BCUT2D eigenvalue weighted by Gasteiger charge is -2.23. The van der Waals surface area contributed by atoms with E-state index in [0.717, 1.165) is 15.6 Å². The molecule has 0 spiro atoms. The molecule has 0 saturated heterocycles. The topological polar surface area (TPSA) is 44.1 Å². The minimum Gasteiger partial charge on any atom is -0.329 e. The maximum Gasteiger partial charge on any atom is 0.265 e. The average Bonchev–Trinajstić information content (AvgIpc) is 3.07. The summed E-state index contributed by atoms with van der Waals surface area (Å²) in [6.07, 6.45) is 0. The van der Waals surface area contributed by atoms with Gasteiger partial charge in [0.1, 0.15) is 10.7 Å². The molecule has 1 aromatic heterocycles. The van der Waals surface area contributed by atoms with Gasteiger partial charge in [0, 0.05) is 17.6 Å². The van der Waals surface area contributed by atoms with Crippen LogP contribution >= 0.6 is 27.3 Å². The monoisotopic (exact) mass is 428 g/mol. The second-order valence-corrected chi connectivity index (χ2v) is 7.47. The van der Waals surface area contributed by atoms with Gasteiger partial charge < -0.3 is 4.90 Å². The molecular formula is C20H14BrFN2OS. The second kappa shape index (κ2) is 8.26. The van der Waals surface area contributed by atoms with E-state index in [-0.39, 0.29) is 11.7 Å². The first kappa shape index (κ1) is 18.3. The fourth-order valence-corrected chi connectivity index (χ4v) is 4.06. The zero-order valence-corrected chi connectivity index (χ0v) is 16.1. The first-order valence-electron chi connectivity index (χ1n) is 7.82. The standard InChI is InChI=1S/C20H14BrFN2OS/c21-18-8-9-26-19(18)20(25)24(13-16-2-1-3-17(22)10-16)12-15-6-4-14(11-23)5-7-15/h1-10H,12-13H2. The maximum absolute atomic E-state index is 13.5. The van der Waals surface area contributed by atoms with Gasteiger partial charge in [-0.1, -0.05) is 24.3 Å². The summed E-state index contributed by atoms with van der Waals surface area (Å²) in [5.74, 6) is -0.453. The smallest absolute Gasteiger partial charge is 0.265 e. The Morgan fingerprint density at radius 3 is 2.46 bits per heavy atom. The van der Waals surface area contributed by atoms with Crippen LogP contribution in [0.25, 0.3) is 0 Å². The molecule has 0 fully saturated rings. The first-order chi connectivity index (χ1) is 12.6. The number of rotatable bonds is 5. The number of carbonyl (C=O) groups is 1. The summed E-state index contributed by atoms with van der Waals surface area (Å²) in [6.45, 7) is 0.659. The molecule has 3 aromatic rings. The largest absolute Gasteiger partial charge is 0.329 e. The van der Waals surface area contributed by atoms with E-state index in [0.29, 0.717) is 23.5 Å². The maximum atomic E-state index is 13.5. The molecule has 1 heterocycles. The van der Waals surface area contributed by atoms with Crippen molar-refractivity contribution < 1.29 is 9.18 Å². The highest BCUT2D eigenvalue weighted by Gasteiger charge is 2.20. The normalized spacial score (nSPS) is 10.3. The van der Waals surface area contributed by atoms with Crippen molar-refractivity contribution in [2.24, 2.45) is 0 Å². The van der Waals surface area contributed by atoms with Crippen molar-refractivity contribution in [1.82, 2.24) is 4.90 Å². The van der Waals surface area contributed by atoms with Gasteiger partial charge in [0.2, 0.25) is 0 Å². The number of benzene rings is 2. The van der Waals surface area contributed by atoms with Crippen LogP contribution in [0.4, 0.5) is 4.39 Å². The molecule has 0 unspecified atom stereocenters. The van der Waals surface area contributed by atoms with Crippen molar-refractivity contribution in [3.05, 3.63) is 91.8 Å². The average molecular weight is 429 g/mol. The van der Waals surface area contributed by atoms with Gasteiger partial charge in [0.05, 0.1) is 11.6 Å². The molecule has 1 amide bonds. The van der Waals surface area contributed by atoms with Crippen molar-refractivity contribution in [2.75, 3.05) is 0 Å². The molecule has 3 nitrogen and oxygen atoms in total. The molecule has 0 aliphatic rings. The van der Waals surface area contributed by atoms with Crippen LogP contribution in [0.1, 0.15) is 26.4 Å². The van der Waals surface area contributed by atoms with Gasteiger partial charge in [-0.05, 0) is 62.8 Å². The molecule has 0 atom stereocenters. The van der Waals surface area contributed by atoms with Crippen molar-refractivity contribution >= 4 is 33.2 Å². The zero-order valence-electron chi connectivity index (χ0n) is 13.7. The number of nitrogens with zero attached hydrogens (tertiary/aromatic N) is 2. The van der Waals surface area contributed by atoms with Crippen LogP contribution in [0, 0.1) is 17.1 Å². The molecule has 0 bridgehead atoms. The predicted molar refractivity (Wildman–Crippen MR) is 103 cm³/mol. The SMILES string of the molecule is N#Cc1ccc(CN(Cc2cccc(F)c2)C(=O)c2sccc2Br)cc1. The zero-order chi connectivity index (χ0) is 18.5. The van der Waals surface area contributed by atoms with Crippen LogP contribution in [-0.2, 0) is 13.1 Å². The molecular weight excluding hydrogens is 415 g/mol. The van der Waals surface area contributed by atoms with Crippen LogP contribution in [-0.4, -0.2) is 10.8 Å². The quantitative estimate of drug-likeness (QED) is 0.548. The molecule has 0 aliphatic heterocycles. The van der Waals surface area contributed by atoms with Crippen LogP contribution in [0.2, 0.25) is 0 Å². The summed E-state index contributed by atoms with van der Waals surface area (Å²) in [5.41, 5.74) is 2.19. The third kappa shape index (κ3) is 4.37.